The second kappa shape index (κ2) is 16.1. The summed E-state index contributed by atoms with van der Waals surface area (Å²) < 4.78 is 5.68. The Labute approximate surface area is 318 Å². The molecule has 0 fully saturated rings. The van der Waals surface area contributed by atoms with Crippen molar-refractivity contribution in [3.05, 3.63) is 218 Å². The standard InChI is InChI=1S/C50H41N3O/c1-2-54-50-37-25-40(26-38-50)39-23-27-45(28-24-39)53(48-33-29-46(30-34-48)51(41-15-7-3-8-16-41)42-17-9-4-10-18-42)49-35-31-47(32-36-49)52(43-19-11-5-12-20-43)44-21-13-6-14-22-44/h3-38H,2H2,1H3. The van der Waals surface area contributed by atoms with Gasteiger partial charge < -0.3 is 19.4 Å². The maximum absolute atomic E-state index is 5.68. The van der Waals surface area contributed by atoms with Crippen LogP contribution in [0.15, 0.2) is 218 Å². The van der Waals surface area contributed by atoms with E-state index in [-0.39, 0.29) is 0 Å². The second-order valence-electron chi connectivity index (χ2n) is 12.9. The maximum atomic E-state index is 5.68. The molecule has 0 aliphatic heterocycles. The predicted octanol–water partition coefficient (Wildman–Crippen LogP) is 14.2. The molecule has 4 heteroatoms. The number of ether oxygens (including phenoxy) is 1. The van der Waals surface area contributed by atoms with Crippen molar-refractivity contribution in [3.8, 4) is 16.9 Å². The van der Waals surface area contributed by atoms with Gasteiger partial charge in [0.15, 0.2) is 0 Å². The maximum Gasteiger partial charge on any atom is 0.119 e. The Hall–Kier alpha value is -7.04. The molecule has 0 unspecified atom stereocenters. The molecule has 4 nitrogen and oxygen atoms in total. The lowest BCUT2D eigenvalue weighted by atomic mass is 10.0. The van der Waals surface area contributed by atoms with Crippen LogP contribution in [0.1, 0.15) is 6.92 Å². The van der Waals surface area contributed by atoms with Crippen LogP contribution in [0.4, 0.5) is 51.2 Å². The van der Waals surface area contributed by atoms with Crippen LogP contribution < -0.4 is 19.4 Å². The van der Waals surface area contributed by atoms with Gasteiger partial charge in [-0.25, -0.2) is 0 Å². The number of anilines is 9. The smallest absolute Gasteiger partial charge is 0.119 e. The quantitative estimate of drug-likeness (QED) is 0.126. The molecule has 0 N–H and O–H groups in total. The van der Waals surface area contributed by atoms with Gasteiger partial charge >= 0.3 is 0 Å². The highest BCUT2D eigenvalue weighted by Crippen LogP contribution is 2.41. The van der Waals surface area contributed by atoms with Gasteiger partial charge in [-0.2, -0.15) is 0 Å². The highest BCUT2D eigenvalue weighted by atomic mass is 16.5. The third-order valence-corrected chi connectivity index (χ3v) is 9.41. The van der Waals surface area contributed by atoms with Crippen LogP contribution in [-0.2, 0) is 0 Å². The predicted molar refractivity (Wildman–Crippen MR) is 227 cm³/mol. The first-order valence-corrected chi connectivity index (χ1v) is 18.4. The molecule has 0 aliphatic carbocycles. The Balaban J connectivity index is 1.18. The highest BCUT2D eigenvalue weighted by molar-refractivity contribution is 5.84. The van der Waals surface area contributed by atoms with E-state index in [2.05, 4.69) is 221 Å². The number of rotatable bonds is 12. The molecule has 0 bridgehead atoms. The molecule has 0 spiro atoms. The Kier molecular flexibility index (Phi) is 10.2. The number of benzene rings is 8. The monoisotopic (exact) mass is 699 g/mol. The fourth-order valence-corrected chi connectivity index (χ4v) is 6.86. The summed E-state index contributed by atoms with van der Waals surface area (Å²) in [6, 6.07) is 76.8. The number of hydrogen-bond acceptors (Lipinski definition) is 4. The summed E-state index contributed by atoms with van der Waals surface area (Å²) in [5.74, 6) is 0.882. The lowest BCUT2D eigenvalue weighted by molar-refractivity contribution is 0.340. The lowest BCUT2D eigenvalue weighted by Crippen LogP contribution is -2.13. The van der Waals surface area contributed by atoms with Crippen molar-refractivity contribution in [2.75, 3.05) is 21.3 Å². The van der Waals surface area contributed by atoms with Crippen molar-refractivity contribution in [2.45, 2.75) is 6.92 Å². The summed E-state index contributed by atoms with van der Waals surface area (Å²) >= 11 is 0. The third-order valence-electron chi connectivity index (χ3n) is 9.41. The normalized spacial score (nSPS) is 10.8. The number of nitrogens with zero attached hydrogens (tertiary/aromatic N) is 3. The zero-order valence-corrected chi connectivity index (χ0v) is 30.2. The summed E-state index contributed by atoms with van der Waals surface area (Å²) in [6.45, 7) is 2.66. The molecule has 0 atom stereocenters. The van der Waals surface area contributed by atoms with Crippen LogP contribution in [0.5, 0.6) is 5.75 Å². The van der Waals surface area contributed by atoms with Crippen LogP contribution in [0.3, 0.4) is 0 Å². The molecule has 54 heavy (non-hydrogen) atoms. The summed E-state index contributed by atoms with van der Waals surface area (Å²) in [7, 11) is 0. The Morgan fingerprint density at radius 1 is 0.278 bits per heavy atom. The fraction of sp³-hybridized carbons (Fsp3) is 0.0400. The van der Waals surface area contributed by atoms with E-state index in [0.29, 0.717) is 6.61 Å². The summed E-state index contributed by atoms with van der Waals surface area (Å²) in [4.78, 5) is 6.90. The third kappa shape index (κ3) is 7.45. The molecular formula is C50H41N3O. The van der Waals surface area contributed by atoms with Gasteiger partial charge in [-0.1, -0.05) is 97.1 Å². The van der Waals surface area contributed by atoms with Crippen molar-refractivity contribution in [1.29, 1.82) is 0 Å². The van der Waals surface area contributed by atoms with Gasteiger partial charge in [0, 0.05) is 51.2 Å². The van der Waals surface area contributed by atoms with Crippen molar-refractivity contribution >= 4 is 51.2 Å². The number of hydrogen-bond donors (Lipinski definition) is 0. The van der Waals surface area contributed by atoms with Crippen LogP contribution in [0, 0.1) is 0 Å². The molecule has 8 aromatic rings. The van der Waals surface area contributed by atoms with E-state index < -0.39 is 0 Å². The van der Waals surface area contributed by atoms with E-state index in [0.717, 1.165) is 68.1 Å². The van der Waals surface area contributed by atoms with Gasteiger partial charge in [0.25, 0.3) is 0 Å². The van der Waals surface area contributed by atoms with E-state index in [4.69, 9.17) is 4.74 Å². The van der Waals surface area contributed by atoms with Crippen LogP contribution in [-0.4, -0.2) is 6.61 Å². The van der Waals surface area contributed by atoms with Crippen molar-refractivity contribution in [3.63, 3.8) is 0 Å². The highest BCUT2D eigenvalue weighted by Gasteiger charge is 2.18. The van der Waals surface area contributed by atoms with Crippen LogP contribution >= 0.6 is 0 Å². The molecule has 0 aromatic heterocycles. The van der Waals surface area contributed by atoms with Crippen LogP contribution in [0.2, 0.25) is 0 Å². The number of para-hydroxylation sites is 4. The topological polar surface area (TPSA) is 19.0 Å². The minimum absolute atomic E-state index is 0.652. The van der Waals surface area contributed by atoms with E-state index in [1.807, 2.05) is 19.1 Å². The average molecular weight is 700 g/mol. The zero-order valence-electron chi connectivity index (χ0n) is 30.2. The first-order chi connectivity index (χ1) is 26.7. The van der Waals surface area contributed by atoms with Crippen molar-refractivity contribution < 1.29 is 4.74 Å². The van der Waals surface area contributed by atoms with Gasteiger partial charge in [0.2, 0.25) is 0 Å². The first-order valence-electron chi connectivity index (χ1n) is 18.4. The largest absolute Gasteiger partial charge is 0.494 e. The van der Waals surface area contributed by atoms with E-state index in [1.54, 1.807) is 0 Å². The molecule has 262 valence electrons. The minimum atomic E-state index is 0.652. The molecule has 8 aromatic carbocycles. The SMILES string of the molecule is CCOc1ccc(-c2ccc(N(c3ccc(N(c4ccccc4)c4ccccc4)cc3)c3ccc(N(c4ccccc4)c4ccccc4)cc3)cc2)cc1. The van der Waals surface area contributed by atoms with Gasteiger partial charge in [0.1, 0.15) is 5.75 Å². The summed E-state index contributed by atoms with van der Waals surface area (Å²) in [5.41, 5.74) is 12.1. The Morgan fingerprint density at radius 2 is 0.500 bits per heavy atom. The molecule has 0 heterocycles. The van der Waals surface area contributed by atoms with E-state index in [9.17, 15) is 0 Å². The fourth-order valence-electron chi connectivity index (χ4n) is 6.86. The first kappa shape index (κ1) is 34.1. The summed E-state index contributed by atoms with van der Waals surface area (Å²) in [6.07, 6.45) is 0. The molecular weight excluding hydrogens is 659 g/mol. The molecule has 0 saturated heterocycles. The zero-order chi connectivity index (χ0) is 36.5. The molecule has 0 saturated carbocycles. The minimum Gasteiger partial charge on any atom is -0.494 e. The molecule has 0 radical (unpaired) electrons. The van der Waals surface area contributed by atoms with Crippen molar-refractivity contribution in [2.24, 2.45) is 0 Å². The van der Waals surface area contributed by atoms with E-state index >= 15 is 0 Å². The van der Waals surface area contributed by atoms with Gasteiger partial charge in [0.05, 0.1) is 6.61 Å². The van der Waals surface area contributed by atoms with Gasteiger partial charge in [-0.05, 0) is 139 Å². The average Bonchev–Trinajstić information content (AvgIpc) is 3.25. The van der Waals surface area contributed by atoms with Crippen molar-refractivity contribution in [1.82, 2.24) is 0 Å². The molecule has 0 aliphatic rings. The Bertz CT molecular complexity index is 2140. The molecule has 0 amide bonds. The lowest BCUT2D eigenvalue weighted by Gasteiger charge is -2.29. The van der Waals surface area contributed by atoms with Gasteiger partial charge in [-0.3, -0.25) is 0 Å². The Morgan fingerprint density at radius 3 is 0.759 bits per heavy atom. The van der Waals surface area contributed by atoms with Crippen LogP contribution in [0.25, 0.3) is 11.1 Å². The molecule has 8 rings (SSSR count). The van der Waals surface area contributed by atoms with Gasteiger partial charge in [-0.15, -0.1) is 0 Å². The van der Waals surface area contributed by atoms with E-state index in [1.165, 1.54) is 0 Å². The summed E-state index contributed by atoms with van der Waals surface area (Å²) in [5, 5.41) is 0. The second-order valence-corrected chi connectivity index (χ2v) is 12.9.